The number of nitrogens with two attached hydrogens (primary N) is 2. The molecule has 4 nitrogen and oxygen atoms in total. The van der Waals surface area contributed by atoms with Crippen LogP contribution >= 0.6 is 50.3 Å². The maximum atomic E-state index is 5.77. The van der Waals surface area contributed by atoms with Gasteiger partial charge < -0.3 is 22.1 Å². The van der Waals surface area contributed by atoms with Crippen molar-refractivity contribution in [3.63, 3.8) is 0 Å². The molecule has 0 rings (SSSR count). The summed E-state index contributed by atoms with van der Waals surface area (Å²) in [5.41, 5.74) is 11.3. The summed E-state index contributed by atoms with van der Waals surface area (Å²) >= 11 is 12.6. The molecule has 0 heterocycles. The molecule has 0 amide bonds. The minimum atomic E-state index is 0. The molecule has 0 aliphatic carbocycles. The molecule has 3 unspecified atom stereocenters. The van der Waals surface area contributed by atoms with E-state index in [4.69, 9.17) is 11.5 Å². The summed E-state index contributed by atoms with van der Waals surface area (Å²) in [4.78, 5) is 0. The first-order valence-electron chi connectivity index (χ1n) is 5.42. The van der Waals surface area contributed by atoms with Crippen LogP contribution in [0.4, 0.5) is 0 Å². The molecule has 0 aliphatic rings. The molecule has 0 fully saturated rings. The SMILES string of the molecule is Cl.NCC(CS)NCC(CS)NCC(N)CS. The van der Waals surface area contributed by atoms with Gasteiger partial charge in [-0.3, -0.25) is 0 Å². The standard InChI is InChI=1S/C9H24N4S3.ClH/c10-1-8(5-15)13-3-9(6-16)12-2-7(11)4-14;/h7-9,12-16H,1-6,10-11H2;1H. The summed E-state index contributed by atoms with van der Waals surface area (Å²) in [5, 5.41) is 6.68. The number of thiol groups is 3. The number of nitrogens with one attached hydrogen (secondary N) is 2. The molecule has 106 valence electrons. The van der Waals surface area contributed by atoms with Crippen molar-refractivity contribution in [1.29, 1.82) is 0 Å². The summed E-state index contributed by atoms with van der Waals surface area (Å²) in [6, 6.07) is 0.634. The Morgan fingerprint density at radius 1 is 0.882 bits per heavy atom. The first-order chi connectivity index (χ1) is 7.67. The lowest BCUT2D eigenvalue weighted by Crippen LogP contribution is -2.49. The van der Waals surface area contributed by atoms with Gasteiger partial charge in [0.25, 0.3) is 0 Å². The third kappa shape index (κ3) is 10.8. The minimum absolute atomic E-state index is 0. The monoisotopic (exact) mass is 320 g/mol. The number of hydrogen-bond donors (Lipinski definition) is 7. The lowest BCUT2D eigenvalue weighted by molar-refractivity contribution is 0.462. The zero-order valence-corrected chi connectivity index (χ0v) is 13.4. The largest absolute Gasteiger partial charge is 0.329 e. The molecule has 0 bridgehead atoms. The fourth-order valence-electron chi connectivity index (χ4n) is 1.12. The molecule has 0 aliphatic heterocycles. The van der Waals surface area contributed by atoms with E-state index in [1.807, 2.05) is 0 Å². The predicted molar refractivity (Wildman–Crippen MR) is 89.4 cm³/mol. The van der Waals surface area contributed by atoms with Crippen LogP contribution in [0.1, 0.15) is 0 Å². The molecule has 0 spiro atoms. The molecule has 6 N–H and O–H groups in total. The maximum absolute atomic E-state index is 5.77. The topological polar surface area (TPSA) is 76.1 Å². The van der Waals surface area contributed by atoms with Gasteiger partial charge in [0, 0.05) is 55.0 Å². The summed E-state index contributed by atoms with van der Waals surface area (Å²) in [7, 11) is 0. The molecule has 0 saturated heterocycles. The average molecular weight is 321 g/mol. The van der Waals surface area contributed by atoms with Crippen molar-refractivity contribution in [2.24, 2.45) is 11.5 Å². The maximum Gasteiger partial charge on any atom is 0.0281 e. The lowest BCUT2D eigenvalue weighted by Gasteiger charge is -2.22. The van der Waals surface area contributed by atoms with Crippen LogP contribution in [0.5, 0.6) is 0 Å². The molecule has 0 radical (unpaired) electrons. The van der Waals surface area contributed by atoms with E-state index in [1.165, 1.54) is 0 Å². The van der Waals surface area contributed by atoms with Gasteiger partial charge in [-0.05, 0) is 0 Å². The molecule has 3 atom stereocenters. The van der Waals surface area contributed by atoms with Gasteiger partial charge in [0.2, 0.25) is 0 Å². The number of rotatable bonds is 10. The van der Waals surface area contributed by atoms with Crippen molar-refractivity contribution in [2.75, 3.05) is 36.9 Å². The van der Waals surface area contributed by atoms with E-state index in [2.05, 4.69) is 48.5 Å². The van der Waals surface area contributed by atoms with E-state index >= 15 is 0 Å². The van der Waals surface area contributed by atoms with Gasteiger partial charge >= 0.3 is 0 Å². The Labute approximate surface area is 127 Å². The zero-order valence-electron chi connectivity index (χ0n) is 9.88. The van der Waals surface area contributed by atoms with Crippen molar-refractivity contribution in [2.45, 2.75) is 18.1 Å². The van der Waals surface area contributed by atoms with E-state index < -0.39 is 0 Å². The lowest BCUT2D eigenvalue weighted by atomic mass is 10.2. The smallest absolute Gasteiger partial charge is 0.0281 e. The molecular weight excluding hydrogens is 296 g/mol. The van der Waals surface area contributed by atoms with Crippen LogP contribution in [-0.2, 0) is 0 Å². The van der Waals surface area contributed by atoms with Crippen molar-refractivity contribution >= 4 is 50.3 Å². The van der Waals surface area contributed by atoms with Crippen LogP contribution in [0.2, 0.25) is 0 Å². The second kappa shape index (κ2) is 13.6. The highest BCUT2D eigenvalue weighted by molar-refractivity contribution is 7.80. The first kappa shape index (κ1) is 20.5. The minimum Gasteiger partial charge on any atom is -0.329 e. The van der Waals surface area contributed by atoms with Crippen LogP contribution < -0.4 is 22.1 Å². The van der Waals surface area contributed by atoms with Crippen LogP contribution in [0, 0.1) is 0 Å². The Hall–Kier alpha value is 1.18. The number of hydrogen-bond acceptors (Lipinski definition) is 7. The Morgan fingerprint density at radius 2 is 1.41 bits per heavy atom. The first-order valence-corrected chi connectivity index (χ1v) is 7.32. The highest BCUT2D eigenvalue weighted by atomic mass is 35.5. The fourth-order valence-corrected chi connectivity index (χ4v) is 1.78. The Kier molecular flexibility index (Phi) is 16.4. The van der Waals surface area contributed by atoms with E-state index in [-0.39, 0.29) is 24.5 Å². The van der Waals surface area contributed by atoms with Crippen LogP contribution in [0.15, 0.2) is 0 Å². The van der Waals surface area contributed by atoms with Gasteiger partial charge in [0.15, 0.2) is 0 Å². The summed E-state index contributed by atoms with van der Waals surface area (Å²) < 4.78 is 0. The second-order valence-corrected chi connectivity index (χ2v) is 4.85. The Morgan fingerprint density at radius 3 is 1.82 bits per heavy atom. The Balaban J connectivity index is 0. The molecular formula is C9H25ClN4S3. The van der Waals surface area contributed by atoms with Gasteiger partial charge in [0.1, 0.15) is 0 Å². The van der Waals surface area contributed by atoms with Crippen LogP contribution in [0.25, 0.3) is 0 Å². The molecule has 0 saturated carbocycles. The van der Waals surface area contributed by atoms with Crippen molar-refractivity contribution < 1.29 is 0 Å². The zero-order chi connectivity index (χ0) is 12.4. The van der Waals surface area contributed by atoms with Crippen molar-refractivity contribution in [1.82, 2.24) is 10.6 Å². The van der Waals surface area contributed by atoms with Crippen molar-refractivity contribution in [3.8, 4) is 0 Å². The second-order valence-electron chi connectivity index (χ2n) is 3.75. The normalized spacial score (nSPS) is 16.1. The van der Waals surface area contributed by atoms with Crippen LogP contribution in [-0.4, -0.2) is 55.0 Å². The predicted octanol–water partition coefficient (Wildman–Crippen LogP) is -0.600. The fraction of sp³-hybridized carbons (Fsp3) is 1.00. The van der Waals surface area contributed by atoms with Crippen LogP contribution in [0.3, 0.4) is 0 Å². The summed E-state index contributed by atoms with van der Waals surface area (Å²) in [6.45, 7) is 2.18. The van der Waals surface area contributed by atoms with Crippen molar-refractivity contribution in [3.05, 3.63) is 0 Å². The molecule has 0 aromatic carbocycles. The average Bonchev–Trinajstić information content (AvgIpc) is 2.33. The van der Waals surface area contributed by atoms with E-state index in [0.717, 1.165) is 24.6 Å². The van der Waals surface area contributed by atoms with E-state index in [1.54, 1.807) is 0 Å². The summed E-state index contributed by atoms with van der Waals surface area (Å²) in [5.74, 6) is 2.18. The van der Waals surface area contributed by atoms with Gasteiger partial charge in [-0.2, -0.15) is 37.9 Å². The van der Waals surface area contributed by atoms with E-state index in [9.17, 15) is 0 Å². The molecule has 0 aromatic rings. The third-order valence-corrected chi connectivity index (χ3v) is 3.63. The quantitative estimate of drug-likeness (QED) is 0.274. The summed E-state index contributed by atoms with van der Waals surface area (Å²) in [6.07, 6.45) is 0. The molecule has 0 aromatic heterocycles. The van der Waals surface area contributed by atoms with Gasteiger partial charge in [0.05, 0.1) is 0 Å². The molecule has 8 heteroatoms. The van der Waals surface area contributed by atoms with Gasteiger partial charge in [-0.1, -0.05) is 0 Å². The highest BCUT2D eigenvalue weighted by Gasteiger charge is 2.10. The number of halogens is 1. The highest BCUT2D eigenvalue weighted by Crippen LogP contribution is 1.91. The molecule has 17 heavy (non-hydrogen) atoms. The third-order valence-electron chi connectivity index (χ3n) is 2.28. The van der Waals surface area contributed by atoms with Gasteiger partial charge in [-0.25, -0.2) is 0 Å². The Bertz CT molecular complexity index is 163. The van der Waals surface area contributed by atoms with E-state index in [0.29, 0.717) is 18.3 Å². The van der Waals surface area contributed by atoms with Gasteiger partial charge in [-0.15, -0.1) is 12.4 Å².